The Hall–Kier alpha value is -2.05. The Balaban J connectivity index is 4.65. The van der Waals surface area contributed by atoms with Crippen LogP contribution in [0.4, 0.5) is 0 Å². The van der Waals surface area contributed by atoms with Crippen LogP contribution in [0.25, 0.3) is 0 Å². The lowest BCUT2D eigenvalue weighted by Gasteiger charge is -2.22. The van der Waals surface area contributed by atoms with Gasteiger partial charge in [0.2, 0.25) is 11.8 Å². The Morgan fingerprint density at radius 3 is 2.20 bits per heavy atom. The van der Waals surface area contributed by atoms with Crippen LogP contribution >= 0.6 is 12.6 Å². The fourth-order valence-corrected chi connectivity index (χ4v) is 2.00. The maximum absolute atomic E-state index is 12.1. The highest BCUT2D eigenvalue weighted by molar-refractivity contribution is 7.80. The van der Waals surface area contributed by atoms with Crippen molar-refractivity contribution >= 4 is 36.4 Å². The molecule has 10 N–H and O–H groups in total. The molecule has 11 nitrogen and oxygen atoms in total. The van der Waals surface area contributed by atoms with Gasteiger partial charge in [-0.15, -0.1) is 0 Å². The summed E-state index contributed by atoms with van der Waals surface area (Å²) in [5.74, 6) is -3.03. The standard InChI is InChI=1S/C13H26N6O5S/c1-6(20)9(14)11(22)19-8(5-25)10(21)18-7(12(23)24)3-2-4-17-13(15)16/h6-9,20,25H,2-5,14H2,1H3,(H,18,21)(H,19,22)(H,23,24)(H4,15,16,17)/t6-,7+,8+,9+/m1/s1. The van der Waals surface area contributed by atoms with Gasteiger partial charge in [-0.3, -0.25) is 15.0 Å². The first-order valence-corrected chi connectivity index (χ1v) is 8.19. The van der Waals surface area contributed by atoms with Crippen molar-refractivity contribution in [2.24, 2.45) is 11.5 Å². The number of amides is 2. The number of hydrogen-bond acceptors (Lipinski definition) is 7. The minimum Gasteiger partial charge on any atom is -0.480 e. The van der Waals surface area contributed by atoms with Gasteiger partial charge in [-0.2, -0.15) is 12.6 Å². The normalized spacial score (nSPS) is 15.4. The number of carbonyl (C=O) groups excluding carboxylic acids is 2. The number of carbonyl (C=O) groups is 3. The van der Waals surface area contributed by atoms with E-state index in [0.29, 0.717) is 6.42 Å². The molecular weight excluding hydrogens is 352 g/mol. The average molecular weight is 378 g/mol. The van der Waals surface area contributed by atoms with E-state index in [2.05, 4.69) is 28.6 Å². The van der Waals surface area contributed by atoms with Crippen LogP contribution in [0, 0.1) is 5.41 Å². The van der Waals surface area contributed by atoms with Gasteiger partial charge < -0.3 is 37.6 Å². The average Bonchev–Trinajstić information content (AvgIpc) is 2.53. The number of aliphatic hydroxyl groups excluding tert-OH is 1. The third kappa shape index (κ3) is 9.12. The highest BCUT2D eigenvalue weighted by Crippen LogP contribution is 2.00. The number of carboxylic acids is 1. The molecule has 0 unspecified atom stereocenters. The molecule has 0 aromatic rings. The summed E-state index contributed by atoms with van der Waals surface area (Å²) in [4.78, 5) is 35.2. The number of nitrogens with one attached hydrogen (secondary N) is 4. The van der Waals surface area contributed by atoms with E-state index < -0.39 is 42.0 Å². The molecule has 0 aliphatic carbocycles. The second-order valence-electron chi connectivity index (χ2n) is 5.39. The van der Waals surface area contributed by atoms with Crippen LogP contribution in [-0.4, -0.2) is 70.5 Å². The molecule has 0 saturated heterocycles. The lowest BCUT2D eigenvalue weighted by Crippen LogP contribution is -2.57. The molecule has 4 atom stereocenters. The summed E-state index contributed by atoms with van der Waals surface area (Å²) in [5, 5.41) is 32.6. The van der Waals surface area contributed by atoms with Crippen molar-refractivity contribution in [1.82, 2.24) is 16.0 Å². The van der Waals surface area contributed by atoms with Gasteiger partial charge in [0.15, 0.2) is 5.96 Å². The van der Waals surface area contributed by atoms with Crippen molar-refractivity contribution in [3.63, 3.8) is 0 Å². The Labute approximate surface area is 150 Å². The predicted octanol–water partition coefficient (Wildman–Crippen LogP) is -3.06. The Kier molecular flexibility index (Phi) is 10.6. The van der Waals surface area contributed by atoms with Gasteiger partial charge in [0.1, 0.15) is 18.1 Å². The molecule has 25 heavy (non-hydrogen) atoms. The molecule has 2 amide bonds. The molecule has 0 aromatic heterocycles. The lowest BCUT2D eigenvalue weighted by atomic mass is 10.1. The van der Waals surface area contributed by atoms with E-state index in [9.17, 15) is 19.5 Å². The molecular formula is C13H26N6O5S. The number of rotatable bonds is 11. The molecule has 144 valence electrons. The fourth-order valence-electron chi connectivity index (χ4n) is 1.74. The smallest absolute Gasteiger partial charge is 0.326 e. The number of aliphatic hydroxyl groups is 1. The van der Waals surface area contributed by atoms with Crippen LogP contribution in [0.15, 0.2) is 0 Å². The zero-order chi connectivity index (χ0) is 19.6. The quantitative estimate of drug-likeness (QED) is 0.0779. The van der Waals surface area contributed by atoms with E-state index in [-0.39, 0.29) is 24.7 Å². The Morgan fingerprint density at radius 2 is 1.76 bits per heavy atom. The van der Waals surface area contributed by atoms with E-state index in [1.807, 2.05) is 0 Å². The van der Waals surface area contributed by atoms with Crippen LogP contribution in [0.2, 0.25) is 0 Å². The summed E-state index contributed by atoms with van der Waals surface area (Å²) < 4.78 is 0. The molecule has 0 aromatic carbocycles. The molecule has 12 heteroatoms. The molecule has 0 spiro atoms. The van der Waals surface area contributed by atoms with Gasteiger partial charge >= 0.3 is 5.97 Å². The number of nitrogens with two attached hydrogens (primary N) is 2. The maximum Gasteiger partial charge on any atom is 0.326 e. The first-order valence-electron chi connectivity index (χ1n) is 7.56. The summed E-state index contributed by atoms with van der Waals surface area (Å²) in [7, 11) is 0. The van der Waals surface area contributed by atoms with Crippen LogP contribution in [0.3, 0.4) is 0 Å². The zero-order valence-corrected chi connectivity index (χ0v) is 14.8. The summed E-state index contributed by atoms with van der Waals surface area (Å²) in [5.41, 5.74) is 10.6. The van der Waals surface area contributed by atoms with Crippen LogP contribution < -0.4 is 27.4 Å². The van der Waals surface area contributed by atoms with Crippen molar-refractivity contribution in [3.05, 3.63) is 0 Å². The molecule has 0 aliphatic rings. The lowest BCUT2D eigenvalue weighted by molar-refractivity contribution is -0.142. The van der Waals surface area contributed by atoms with E-state index in [0.717, 1.165) is 0 Å². The highest BCUT2D eigenvalue weighted by Gasteiger charge is 2.28. The molecule has 0 bridgehead atoms. The third-order valence-electron chi connectivity index (χ3n) is 3.24. The highest BCUT2D eigenvalue weighted by atomic mass is 32.1. The largest absolute Gasteiger partial charge is 0.480 e. The van der Waals surface area contributed by atoms with Gasteiger partial charge in [0.05, 0.1) is 6.10 Å². The number of hydrogen-bond donors (Lipinski definition) is 9. The molecule has 0 saturated carbocycles. The molecule has 0 fully saturated rings. The Morgan fingerprint density at radius 1 is 1.20 bits per heavy atom. The van der Waals surface area contributed by atoms with Crippen LogP contribution in [0.1, 0.15) is 19.8 Å². The van der Waals surface area contributed by atoms with Crippen molar-refractivity contribution in [2.45, 2.75) is 44.0 Å². The number of carboxylic acid groups (broad SMARTS) is 1. The topological polar surface area (TPSA) is 204 Å². The summed E-state index contributed by atoms with van der Waals surface area (Å²) in [6.45, 7) is 1.61. The van der Waals surface area contributed by atoms with Gasteiger partial charge in [-0.25, -0.2) is 4.79 Å². The Bertz CT molecular complexity index is 490. The van der Waals surface area contributed by atoms with Gasteiger partial charge in [0, 0.05) is 12.3 Å². The van der Waals surface area contributed by atoms with E-state index in [1.54, 1.807) is 0 Å². The van der Waals surface area contributed by atoms with Crippen molar-refractivity contribution < 1.29 is 24.6 Å². The van der Waals surface area contributed by atoms with Gasteiger partial charge in [-0.05, 0) is 19.8 Å². The first-order chi connectivity index (χ1) is 11.6. The van der Waals surface area contributed by atoms with Gasteiger partial charge in [-0.1, -0.05) is 0 Å². The minimum atomic E-state index is -1.24. The monoisotopic (exact) mass is 378 g/mol. The minimum absolute atomic E-state index is 0.0810. The molecule has 0 rings (SSSR count). The third-order valence-corrected chi connectivity index (χ3v) is 3.60. The first kappa shape index (κ1) is 22.9. The zero-order valence-electron chi connectivity index (χ0n) is 13.9. The van der Waals surface area contributed by atoms with Crippen molar-refractivity contribution in [2.75, 3.05) is 12.3 Å². The second-order valence-corrected chi connectivity index (χ2v) is 5.76. The molecule has 0 radical (unpaired) electrons. The predicted molar refractivity (Wildman–Crippen MR) is 94.2 cm³/mol. The number of thiol groups is 1. The van der Waals surface area contributed by atoms with Crippen molar-refractivity contribution in [3.8, 4) is 0 Å². The second kappa shape index (κ2) is 11.5. The van der Waals surface area contributed by atoms with Crippen LogP contribution in [-0.2, 0) is 14.4 Å². The summed E-state index contributed by atoms with van der Waals surface area (Å²) >= 11 is 3.96. The summed E-state index contributed by atoms with van der Waals surface area (Å²) in [6.07, 6.45) is -0.659. The summed E-state index contributed by atoms with van der Waals surface area (Å²) in [6, 6.07) is -3.49. The number of aliphatic carboxylic acids is 1. The van der Waals surface area contributed by atoms with Crippen molar-refractivity contribution in [1.29, 1.82) is 5.41 Å². The maximum atomic E-state index is 12.1. The SMILES string of the molecule is C[C@@H](O)[C@H](N)C(=O)N[C@@H](CS)C(=O)N[C@@H](CCCNC(=N)N)C(=O)O. The van der Waals surface area contributed by atoms with E-state index >= 15 is 0 Å². The van der Waals surface area contributed by atoms with Crippen LogP contribution in [0.5, 0.6) is 0 Å². The van der Waals surface area contributed by atoms with E-state index in [1.165, 1.54) is 6.92 Å². The number of guanidine groups is 1. The van der Waals surface area contributed by atoms with Gasteiger partial charge in [0.25, 0.3) is 0 Å². The fraction of sp³-hybridized carbons (Fsp3) is 0.692. The molecule has 0 heterocycles. The van der Waals surface area contributed by atoms with E-state index in [4.69, 9.17) is 22.0 Å². The molecule has 0 aliphatic heterocycles.